The normalized spacial score (nSPS) is 11.1. The summed E-state index contributed by atoms with van der Waals surface area (Å²) in [6.07, 6.45) is 3.43. The third-order valence-corrected chi connectivity index (χ3v) is 2.59. The monoisotopic (exact) mass is 261 g/mol. The van der Waals surface area contributed by atoms with E-state index in [1.54, 1.807) is 41.2 Å². The van der Waals surface area contributed by atoms with Crippen LogP contribution in [0.3, 0.4) is 0 Å². The van der Waals surface area contributed by atoms with E-state index in [0.29, 0.717) is 16.9 Å². The summed E-state index contributed by atoms with van der Waals surface area (Å²) in [5.74, 6) is 0.109. The van der Waals surface area contributed by atoms with Crippen molar-refractivity contribution in [3.05, 3.63) is 48.8 Å². The van der Waals surface area contributed by atoms with Gasteiger partial charge in [-0.05, 0) is 18.2 Å². The first kappa shape index (κ1) is 11.6. The number of hydrogen-bond donors (Lipinski definition) is 0. The van der Waals surface area contributed by atoms with E-state index in [2.05, 4.69) is 14.8 Å². The van der Waals surface area contributed by atoms with Crippen molar-refractivity contribution >= 4 is 5.65 Å². The average molecular weight is 261 g/mol. The van der Waals surface area contributed by atoms with Gasteiger partial charge in [-0.25, -0.2) is 9.50 Å². The fourth-order valence-electron chi connectivity index (χ4n) is 1.80. The molecule has 19 heavy (non-hydrogen) atoms. The average Bonchev–Trinajstić information content (AvgIpc) is 2.82. The molecule has 0 aliphatic carbocycles. The molecule has 0 atom stereocenters. The highest BCUT2D eigenvalue weighted by Crippen LogP contribution is 2.24. The molecule has 0 unspecified atom stereocenters. The summed E-state index contributed by atoms with van der Waals surface area (Å²) in [4.78, 5) is 4.15. The van der Waals surface area contributed by atoms with Gasteiger partial charge in [0, 0.05) is 24.0 Å². The third-order valence-electron chi connectivity index (χ3n) is 2.59. The van der Waals surface area contributed by atoms with Crippen LogP contribution in [0.15, 0.2) is 48.8 Å². The third kappa shape index (κ3) is 2.37. The molecule has 0 bridgehead atoms. The lowest BCUT2D eigenvalue weighted by atomic mass is 10.1. The fraction of sp³-hybridized carbons (Fsp3) is 0.0769. The van der Waals surface area contributed by atoms with Crippen LogP contribution in [-0.4, -0.2) is 21.2 Å². The Balaban J connectivity index is 2.01. The highest BCUT2D eigenvalue weighted by molar-refractivity contribution is 5.65. The van der Waals surface area contributed by atoms with E-state index in [1.807, 2.05) is 0 Å². The molecule has 0 fully saturated rings. The highest BCUT2D eigenvalue weighted by atomic mass is 19.3. The van der Waals surface area contributed by atoms with Gasteiger partial charge in [-0.3, -0.25) is 0 Å². The summed E-state index contributed by atoms with van der Waals surface area (Å²) in [7, 11) is 0. The van der Waals surface area contributed by atoms with Crippen molar-refractivity contribution in [3.63, 3.8) is 0 Å². The Kier molecular flexibility index (Phi) is 2.83. The largest absolute Gasteiger partial charge is 0.435 e. The number of alkyl halides is 2. The van der Waals surface area contributed by atoms with Crippen molar-refractivity contribution in [1.82, 2.24) is 14.6 Å². The molecule has 1 aromatic carbocycles. The molecular weight excluding hydrogens is 252 g/mol. The van der Waals surface area contributed by atoms with Crippen LogP contribution in [0.1, 0.15) is 0 Å². The zero-order chi connectivity index (χ0) is 13.2. The van der Waals surface area contributed by atoms with Gasteiger partial charge in [0.1, 0.15) is 5.75 Å². The number of halogens is 2. The van der Waals surface area contributed by atoms with Gasteiger partial charge in [-0.2, -0.15) is 13.9 Å². The van der Waals surface area contributed by atoms with Crippen molar-refractivity contribution in [2.45, 2.75) is 6.61 Å². The van der Waals surface area contributed by atoms with Crippen LogP contribution in [-0.2, 0) is 0 Å². The minimum atomic E-state index is -2.84. The number of nitrogens with zero attached hydrogens (tertiary/aromatic N) is 3. The van der Waals surface area contributed by atoms with Gasteiger partial charge < -0.3 is 4.74 Å². The molecule has 6 heteroatoms. The van der Waals surface area contributed by atoms with E-state index in [0.717, 1.165) is 0 Å². The maximum atomic E-state index is 12.2. The smallest absolute Gasteiger partial charge is 0.387 e. The minimum Gasteiger partial charge on any atom is -0.435 e. The SMILES string of the molecule is FC(F)Oc1cccc(-c2cc3ncccn3n2)c1. The van der Waals surface area contributed by atoms with E-state index in [9.17, 15) is 8.78 Å². The zero-order valence-corrected chi connectivity index (χ0v) is 9.70. The molecule has 3 rings (SSSR count). The van der Waals surface area contributed by atoms with Crippen molar-refractivity contribution in [2.24, 2.45) is 0 Å². The van der Waals surface area contributed by atoms with Crippen LogP contribution in [0.5, 0.6) is 5.75 Å². The molecule has 96 valence electrons. The molecule has 0 radical (unpaired) electrons. The Hall–Kier alpha value is -2.50. The molecular formula is C13H9F2N3O. The van der Waals surface area contributed by atoms with Crippen LogP contribution < -0.4 is 4.74 Å². The minimum absolute atomic E-state index is 0.109. The Morgan fingerprint density at radius 1 is 1.16 bits per heavy atom. The Labute approximate surface area is 107 Å². The molecule has 0 saturated heterocycles. The first-order valence-electron chi connectivity index (χ1n) is 5.58. The second-order valence-electron chi connectivity index (χ2n) is 3.86. The van der Waals surface area contributed by atoms with Crippen LogP contribution in [0.4, 0.5) is 8.78 Å². The van der Waals surface area contributed by atoms with E-state index >= 15 is 0 Å². The summed E-state index contributed by atoms with van der Waals surface area (Å²) in [5.41, 5.74) is 2.04. The van der Waals surface area contributed by atoms with Gasteiger partial charge in [0.2, 0.25) is 0 Å². The lowest BCUT2D eigenvalue weighted by Crippen LogP contribution is -2.01. The van der Waals surface area contributed by atoms with Gasteiger partial charge in [0.05, 0.1) is 5.69 Å². The number of fused-ring (bicyclic) bond motifs is 1. The fourth-order valence-corrected chi connectivity index (χ4v) is 1.80. The molecule has 0 saturated carbocycles. The quantitative estimate of drug-likeness (QED) is 0.727. The molecule has 0 N–H and O–H groups in total. The van der Waals surface area contributed by atoms with Crippen molar-refractivity contribution < 1.29 is 13.5 Å². The number of benzene rings is 1. The lowest BCUT2D eigenvalue weighted by Gasteiger charge is -2.05. The van der Waals surface area contributed by atoms with E-state index in [-0.39, 0.29) is 5.75 Å². The van der Waals surface area contributed by atoms with Gasteiger partial charge in [-0.1, -0.05) is 12.1 Å². The summed E-state index contributed by atoms with van der Waals surface area (Å²) >= 11 is 0. The Bertz CT molecular complexity index is 679. The topological polar surface area (TPSA) is 39.4 Å². The predicted octanol–water partition coefficient (Wildman–Crippen LogP) is 3.00. The predicted molar refractivity (Wildman–Crippen MR) is 65.1 cm³/mol. The van der Waals surface area contributed by atoms with Crippen LogP contribution >= 0.6 is 0 Å². The van der Waals surface area contributed by atoms with E-state index in [4.69, 9.17) is 0 Å². The number of rotatable bonds is 3. The summed E-state index contributed by atoms with van der Waals surface area (Å²) in [6, 6.07) is 9.96. The van der Waals surface area contributed by atoms with Crippen LogP contribution in [0, 0.1) is 0 Å². The number of ether oxygens (including phenoxy) is 1. The van der Waals surface area contributed by atoms with Gasteiger partial charge in [0.15, 0.2) is 5.65 Å². The van der Waals surface area contributed by atoms with Crippen molar-refractivity contribution in [1.29, 1.82) is 0 Å². The van der Waals surface area contributed by atoms with Crippen molar-refractivity contribution in [3.8, 4) is 17.0 Å². The zero-order valence-electron chi connectivity index (χ0n) is 9.70. The highest BCUT2D eigenvalue weighted by Gasteiger charge is 2.08. The molecule has 4 nitrogen and oxygen atoms in total. The van der Waals surface area contributed by atoms with Gasteiger partial charge >= 0.3 is 6.61 Å². The van der Waals surface area contributed by atoms with Crippen molar-refractivity contribution in [2.75, 3.05) is 0 Å². The molecule has 0 aliphatic rings. The Morgan fingerprint density at radius 2 is 2.05 bits per heavy atom. The summed E-state index contributed by atoms with van der Waals surface area (Å²) in [5, 5.41) is 4.31. The molecule has 2 aromatic heterocycles. The number of hydrogen-bond acceptors (Lipinski definition) is 3. The van der Waals surface area contributed by atoms with E-state index in [1.165, 1.54) is 12.1 Å². The summed E-state index contributed by atoms with van der Waals surface area (Å²) in [6.45, 7) is -2.84. The van der Waals surface area contributed by atoms with Gasteiger partial charge in [-0.15, -0.1) is 0 Å². The second kappa shape index (κ2) is 4.64. The van der Waals surface area contributed by atoms with Gasteiger partial charge in [0.25, 0.3) is 0 Å². The molecule has 2 heterocycles. The molecule has 0 aliphatic heterocycles. The van der Waals surface area contributed by atoms with E-state index < -0.39 is 6.61 Å². The first-order chi connectivity index (χ1) is 9.22. The van der Waals surface area contributed by atoms with Crippen LogP contribution in [0.25, 0.3) is 16.9 Å². The molecule has 3 aromatic rings. The molecule has 0 spiro atoms. The molecule has 0 amide bonds. The maximum absolute atomic E-state index is 12.2. The summed E-state index contributed by atoms with van der Waals surface area (Å²) < 4.78 is 30.3. The second-order valence-corrected chi connectivity index (χ2v) is 3.86. The Morgan fingerprint density at radius 3 is 2.84 bits per heavy atom. The standard InChI is InChI=1S/C13H9F2N3O/c14-13(15)19-10-4-1-3-9(7-10)11-8-12-16-5-2-6-18(12)17-11/h1-8,13H. The maximum Gasteiger partial charge on any atom is 0.387 e. The number of aromatic nitrogens is 3. The first-order valence-corrected chi connectivity index (χ1v) is 5.58. The lowest BCUT2D eigenvalue weighted by molar-refractivity contribution is -0.0498. The van der Waals surface area contributed by atoms with Crippen LogP contribution in [0.2, 0.25) is 0 Å².